The maximum atomic E-state index is 6.95. The molecule has 9 aromatic rings. The number of aromatic nitrogens is 2. The topological polar surface area (TPSA) is 40.2 Å². The molecule has 51 heavy (non-hydrogen) atoms. The fourth-order valence-corrected chi connectivity index (χ4v) is 8.18. The van der Waals surface area contributed by atoms with Crippen LogP contribution in [-0.4, -0.2) is 15.7 Å². The van der Waals surface area contributed by atoms with Crippen LogP contribution in [0.1, 0.15) is 22.9 Å². The van der Waals surface area contributed by atoms with E-state index in [0.29, 0.717) is 6.01 Å². The molecule has 7 aromatic carbocycles. The van der Waals surface area contributed by atoms with E-state index in [0.717, 1.165) is 50.3 Å². The van der Waals surface area contributed by atoms with Gasteiger partial charge in [-0.2, -0.15) is 4.98 Å². The second-order valence-electron chi connectivity index (χ2n) is 13.5. The smallest absolute Gasteiger partial charge is 0.307 e. The zero-order chi connectivity index (χ0) is 33.5. The number of ether oxygens (including phenoxy) is 1. The van der Waals surface area contributed by atoms with Gasteiger partial charge in [-0.25, -0.2) is 0 Å². The monoisotopic (exact) mass is 654 g/mol. The molecule has 0 bridgehead atoms. The van der Waals surface area contributed by atoms with Crippen molar-refractivity contribution in [2.45, 2.75) is 12.0 Å². The summed E-state index contributed by atoms with van der Waals surface area (Å²) in [4.78, 5) is 5.20. The minimum absolute atomic E-state index is 0.102. The maximum absolute atomic E-state index is 6.95. The summed E-state index contributed by atoms with van der Waals surface area (Å²) in [7, 11) is 0. The number of hydrogen-bond donors (Lipinski definition) is 0. The van der Waals surface area contributed by atoms with Crippen LogP contribution in [0.3, 0.4) is 0 Å². The van der Waals surface area contributed by atoms with Gasteiger partial charge in [0.15, 0.2) is 0 Å². The third kappa shape index (κ3) is 4.36. The summed E-state index contributed by atoms with van der Waals surface area (Å²) >= 11 is 0. The van der Waals surface area contributed by atoms with E-state index in [9.17, 15) is 0 Å². The molecule has 240 valence electrons. The van der Waals surface area contributed by atoms with Crippen molar-refractivity contribution in [1.29, 1.82) is 0 Å². The molecule has 3 heterocycles. The van der Waals surface area contributed by atoms with Gasteiger partial charge < -0.3 is 9.15 Å². The molecule has 0 saturated heterocycles. The lowest BCUT2D eigenvalue weighted by atomic mass is 9.87. The van der Waals surface area contributed by atoms with Crippen LogP contribution in [0, 0.1) is 0 Å². The van der Waals surface area contributed by atoms with E-state index in [1.54, 1.807) is 0 Å². The molecule has 1 aliphatic carbocycles. The van der Waals surface area contributed by atoms with Crippen LogP contribution in [0.5, 0.6) is 5.75 Å². The highest BCUT2D eigenvalue weighted by molar-refractivity contribution is 6.16. The summed E-state index contributed by atoms with van der Waals surface area (Å²) in [5, 5.41) is 4.80. The predicted octanol–water partition coefficient (Wildman–Crippen LogP) is 11.8. The second kappa shape index (κ2) is 10.9. The van der Waals surface area contributed by atoms with Gasteiger partial charge in [0.2, 0.25) is 0 Å². The summed E-state index contributed by atoms with van der Waals surface area (Å²) in [6.07, 6.45) is 4.02. The summed E-state index contributed by atoms with van der Waals surface area (Å²) in [5.41, 5.74) is 11.1. The van der Waals surface area contributed by atoms with Crippen molar-refractivity contribution >= 4 is 38.7 Å². The first-order valence-electron chi connectivity index (χ1n) is 17.4. The fraction of sp³-hybridized carbons (Fsp3) is 0.0426. The zero-order valence-corrected chi connectivity index (χ0v) is 27.5. The van der Waals surface area contributed by atoms with Crippen molar-refractivity contribution in [2.75, 3.05) is 0 Å². The molecule has 0 radical (unpaired) electrons. The summed E-state index contributed by atoms with van der Waals surface area (Å²) < 4.78 is 15.7. The molecule has 4 heteroatoms. The number of nitrogens with zero attached hydrogens (tertiary/aromatic N) is 2. The Morgan fingerprint density at radius 3 is 2.14 bits per heavy atom. The maximum Gasteiger partial charge on any atom is 0.307 e. The summed E-state index contributed by atoms with van der Waals surface area (Å²) in [6, 6.07) is 56.6. The minimum atomic E-state index is -0.160. The van der Waals surface area contributed by atoms with Crippen LogP contribution in [-0.2, 0) is 0 Å². The number of rotatable bonds is 4. The van der Waals surface area contributed by atoms with Crippen LogP contribution in [0.15, 0.2) is 168 Å². The van der Waals surface area contributed by atoms with Crippen LogP contribution in [0.25, 0.3) is 78.0 Å². The average molecular weight is 655 g/mol. The van der Waals surface area contributed by atoms with Crippen LogP contribution in [0.2, 0.25) is 0 Å². The van der Waals surface area contributed by atoms with E-state index in [-0.39, 0.29) is 12.0 Å². The molecule has 1 aliphatic heterocycles. The Kier molecular flexibility index (Phi) is 6.05. The Hall–Kier alpha value is -6.65. The molecule has 0 spiro atoms. The number of benzene rings is 7. The molecule has 0 fully saturated rings. The lowest BCUT2D eigenvalue weighted by Crippen LogP contribution is -2.19. The van der Waals surface area contributed by atoms with E-state index in [1.165, 1.54) is 38.4 Å². The van der Waals surface area contributed by atoms with Crippen LogP contribution >= 0.6 is 0 Å². The highest BCUT2D eigenvalue weighted by atomic mass is 16.5. The highest BCUT2D eigenvalue weighted by Gasteiger charge is 2.41. The molecule has 4 nitrogen and oxygen atoms in total. The van der Waals surface area contributed by atoms with E-state index in [1.807, 2.05) is 0 Å². The van der Waals surface area contributed by atoms with Gasteiger partial charge in [0, 0.05) is 16.3 Å². The van der Waals surface area contributed by atoms with Gasteiger partial charge in [-0.15, -0.1) is 0 Å². The van der Waals surface area contributed by atoms with Crippen molar-refractivity contribution in [1.82, 2.24) is 9.55 Å². The number of hydrogen-bond acceptors (Lipinski definition) is 3. The Morgan fingerprint density at radius 1 is 0.549 bits per heavy atom. The average Bonchev–Trinajstić information content (AvgIpc) is 3.89. The lowest BCUT2D eigenvalue weighted by molar-refractivity contribution is 0.254. The van der Waals surface area contributed by atoms with E-state index >= 15 is 0 Å². The lowest BCUT2D eigenvalue weighted by Gasteiger charge is -2.17. The van der Waals surface area contributed by atoms with Gasteiger partial charge in [-0.3, -0.25) is 4.57 Å². The third-order valence-electron chi connectivity index (χ3n) is 10.6. The molecule has 2 atom stereocenters. The van der Waals surface area contributed by atoms with Crippen LogP contribution < -0.4 is 4.74 Å². The van der Waals surface area contributed by atoms with Crippen LogP contribution in [0.4, 0.5) is 0 Å². The second-order valence-corrected chi connectivity index (χ2v) is 13.5. The van der Waals surface area contributed by atoms with Gasteiger partial charge in [0.05, 0.1) is 17.0 Å². The molecular weight excluding hydrogens is 625 g/mol. The van der Waals surface area contributed by atoms with Gasteiger partial charge in [-0.05, 0) is 86.6 Å². The van der Waals surface area contributed by atoms with Gasteiger partial charge in [0.25, 0.3) is 0 Å². The van der Waals surface area contributed by atoms with E-state index < -0.39 is 0 Å². The Bertz CT molecular complexity index is 2840. The zero-order valence-electron chi connectivity index (χ0n) is 27.5. The molecule has 11 rings (SSSR count). The first-order valence-corrected chi connectivity index (χ1v) is 17.4. The molecule has 2 aromatic heterocycles. The predicted molar refractivity (Wildman–Crippen MR) is 206 cm³/mol. The van der Waals surface area contributed by atoms with Gasteiger partial charge >= 0.3 is 6.01 Å². The summed E-state index contributed by atoms with van der Waals surface area (Å²) in [6.45, 7) is 0. The van der Waals surface area contributed by atoms with E-state index in [4.69, 9.17) is 14.1 Å². The number of fused-ring (bicyclic) bond motifs is 9. The molecule has 0 saturated carbocycles. The SMILES string of the molecule is C1=CC2Oc3ccc(-c4ccc5ccccc5c4)cc3C2c2oc(-n3c4cc(-c5ccccc5)ccc4c4c(-c5ccccc5)cccc43)nc21. The molecule has 2 aliphatic rings. The molecular formula is C47H30N2O2. The van der Waals surface area contributed by atoms with Crippen molar-refractivity contribution in [3.05, 3.63) is 181 Å². The quantitative estimate of drug-likeness (QED) is 0.190. The van der Waals surface area contributed by atoms with Gasteiger partial charge in [0.1, 0.15) is 23.3 Å². The highest BCUT2D eigenvalue weighted by Crippen LogP contribution is 2.49. The Morgan fingerprint density at radius 2 is 1.27 bits per heavy atom. The fourth-order valence-electron chi connectivity index (χ4n) is 8.18. The van der Waals surface area contributed by atoms with Crippen molar-refractivity contribution in [3.63, 3.8) is 0 Å². The standard InChI is InChI=1S/C47H30N2O2/c1-3-10-29(11-4-1)35-20-22-37-41(28-35)49(40-17-9-16-36(44(37)40)31-13-5-2-6-14-31)47-48-39-23-25-43-45(46(39)51-47)38-27-34(21-24-42(38)50-43)33-19-18-30-12-7-8-15-32(30)26-33/h1-28,43,45H. The van der Waals surface area contributed by atoms with Crippen molar-refractivity contribution in [2.24, 2.45) is 0 Å². The molecule has 0 amide bonds. The first kappa shape index (κ1) is 28.2. The minimum Gasteiger partial charge on any atom is -0.485 e. The van der Waals surface area contributed by atoms with Crippen molar-refractivity contribution in [3.8, 4) is 45.1 Å². The third-order valence-corrected chi connectivity index (χ3v) is 10.6. The largest absolute Gasteiger partial charge is 0.485 e. The van der Waals surface area contributed by atoms with Crippen molar-refractivity contribution < 1.29 is 9.15 Å². The summed E-state index contributed by atoms with van der Waals surface area (Å²) in [5.74, 6) is 1.62. The number of oxazole rings is 1. The Labute approximate surface area is 294 Å². The molecule has 0 N–H and O–H groups in total. The molecule has 2 unspecified atom stereocenters. The first-order chi connectivity index (χ1) is 25.3. The normalized spacial score (nSPS) is 15.9. The van der Waals surface area contributed by atoms with E-state index in [2.05, 4.69) is 174 Å². The Balaban J connectivity index is 1.09. The van der Waals surface area contributed by atoms with Gasteiger partial charge in [-0.1, -0.05) is 127 Å².